The summed E-state index contributed by atoms with van der Waals surface area (Å²) in [5.74, 6) is 1.23. The molecule has 1 heterocycles. The van der Waals surface area contributed by atoms with Gasteiger partial charge in [0.25, 0.3) is 0 Å². The maximum Gasteiger partial charge on any atom is 0.161 e. The molecule has 0 fully saturated rings. The van der Waals surface area contributed by atoms with Crippen LogP contribution in [0, 0.1) is 11.3 Å². The van der Waals surface area contributed by atoms with Crippen LogP contribution in [0.25, 0.3) is 0 Å². The lowest BCUT2D eigenvalue weighted by atomic mass is 10.1. The van der Waals surface area contributed by atoms with Crippen molar-refractivity contribution in [2.24, 2.45) is 5.10 Å². The number of nitrogens with zero attached hydrogens (tertiary/aromatic N) is 5. The Morgan fingerprint density at radius 1 is 1.12 bits per heavy atom. The van der Waals surface area contributed by atoms with Gasteiger partial charge in [0, 0.05) is 5.56 Å². The van der Waals surface area contributed by atoms with Gasteiger partial charge in [-0.1, -0.05) is 18.2 Å². The van der Waals surface area contributed by atoms with Crippen LogP contribution in [0.15, 0.2) is 60.2 Å². The molecule has 0 aliphatic rings. The molecule has 3 rings (SSSR count). The molecule has 0 amide bonds. The van der Waals surface area contributed by atoms with Gasteiger partial charge in [0.2, 0.25) is 0 Å². The lowest BCUT2D eigenvalue weighted by Gasteiger charge is -2.13. The quantitative estimate of drug-likeness (QED) is 0.613. The first-order chi connectivity index (χ1) is 12.8. The fourth-order valence-corrected chi connectivity index (χ4v) is 2.29. The fourth-order valence-electron chi connectivity index (χ4n) is 2.29. The zero-order chi connectivity index (χ0) is 18.2. The van der Waals surface area contributed by atoms with Crippen molar-refractivity contribution in [1.29, 1.82) is 5.26 Å². The van der Waals surface area contributed by atoms with E-state index >= 15 is 0 Å². The molecule has 0 unspecified atom stereocenters. The van der Waals surface area contributed by atoms with Gasteiger partial charge in [0.05, 0.1) is 24.5 Å². The van der Waals surface area contributed by atoms with Crippen molar-refractivity contribution in [3.63, 3.8) is 0 Å². The van der Waals surface area contributed by atoms with Gasteiger partial charge in [-0.2, -0.15) is 10.4 Å². The summed E-state index contributed by atoms with van der Waals surface area (Å²) >= 11 is 0. The molecular formula is C19H17N5O2. The van der Waals surface area contributed by atoms with Gasteiger partial charge in [0.15, 0.2) is 11.5 Å². The number of nitriles is 1. The number of hydrogen-bond donors (Lipinski definition) is 0. The SMILES string of the molecule is CCOc1cc(C=Nn2cnnc2)ccc1OCc1ccccc1C#N. The Morgan fingerprint density at radius 2 is 1.92 bits per heavy atom. The Morgan fingerprint density at radius 3 is 2.69 bits per heavy atom. The van der Waals surface area contributed by atoms with Crippen molar-refractivity contribution in [3.05, 3.63) is 71.8 Å². The summed E-state index contributed by atoms with van der Waals surface area (Å²) in [4.78, 5) is 0. The Kier molecular flexibility index (Phi) is 5.58. The average Bonchev–Trinajstić information content (AvgIpc) is 3.20. The molecule has 0 N–H and O–H groups in total. The van der Waals surface area contributed by atoms with E-state index in [1.807, 2.05) is 43.3 Å². The minimum Gasteiger partial charge on any atom is -0.490 e. The Hall–Kier alpha value is -3.66. The minimum atomic E-state index is 0.290. The van der Waals surface area contributed by atoms with Gasteiger partial charge in [-0.15, -0.1) is 10.2 Å². The zero-order valence-corrected chi connectivity index (χ0v) is 14.2. The summed E-state index contributed by atoms with van der Waals surface area (Å²) in [5, 5.41) is 20.8. The lowest BCUT2D eigenvalue weighted by Crippen LogP contribution is -2.02. The van der Waals surface area contributed by atoms with Crippen LogP contribution in [0.2, 0.25) is 0 Å². The molecule has 7 heteroatoms. The van der Waals surface area contributed by atoms with E-state index in [0.29, 0.717) is 23.7 Å². The second-order valence-corrected chi connectivity index (χ2v) is 5.28. The molecule has 7 nitrogen and oxygen atoms in total. The Balaban J connectivity index is 1.77. The monoisotopic (exact) mass is 347 g/mol. The third kappa shape index (κ3) is 4.24. The standard InChI is InChI=1S/C19H17N5O2/c1-2-25-19-9-15(11-23-24-13-21-22-14-24)7-8-18(19)26-12-17-6-4-3-5-16(17)10-20/h3-9,11,13-14H,2,12H2,1H3. The zero-order valence-electron chi connectivity index (χ0n) is 14.2. The van der Waals surface area contributed by atoms with Crippen molar-refractivity contribution in [2.75, 3.05) is 6.61 Å². The predicted molar refractivity (Wildman–Crippen MR) is 96.1 cm³/mol. The smallest absolute Gasteiger partial charge is 0.161 e. The molecule has 0 aliphatic carbocycles. The number of aromatic nitrogens is 3. The number of benzene rings is 2. The van der Waals surface area contributed by atoms with Crippen LogP contribution < -0.4 is 9.47 Å². The molecule has 3 aromatic rings. The molecule has 0 aliphatic heterocycles. The van der Waals surface area contributed by atoms with Crippen molar-refractivity contribution >= 4 is 6.21 Å². The third-order valence-corrected chi connectivity index (χ3v) is 3.54. The highest BCUT2D eigenvalue weighted by atomic mass is 16.5. The van der Waals surface area contributed by atoms with E-state index in [-0.39, 0.29) is 6.61 Å². The highest BCUT2D eigenvalue weighted by Gasteiger charge is 2.08. The van der Waals surface area contributed by atoms with E-state index in [9.17, 15) is 5.26 Å². The summed E-state index contributed by atoms with van der Waals surface area (Å²) < 4.78 is 13.1. The van der Waals surface area contributed by atoms with Gasteiger partial charge in [-0.3, -0.25) is 0 Å². The largest absolute Gasteiger partial charge is 0.490 e. The molecule has 1 aromatic heterocycles. The van der Waals surface area contributed by atoms with E-state index < -0.39 is 0 Å². The Bertz CT molecular complexity index is 929. The fraction of sp³-hybridized carbons (Fsp3) is 0.158. The topological polar surface area (TPSA) is 85.3 Å². The molecular weight excluding hydrogens is 330 g/mol. The van der Waals surface area contributed by atoms with E-state index in [2.05, 4.69) is 21.4 Å². The average molecular weight is 347 g/mol. The van der Waals surface area contributed by atoms with Gasteiger partial charge in [-0.25, -0.2) is 4.68 Å². The van der Waals surface area contributed by atoms with Crippen LogP contribution in [-0.2, 0) is 6.61 Å². The molecule has 130 valence electrons. The van der Waals surface area contributed by atoms with Crippen LogP contribution >= 0.6 is 0 Å². The normalized spacial score (nSPS) is 10.6. The number of hydrogen-bond acceptors (Lipinski definition) is 6. The highest BCUT2D eigenvalue weighted by Crippen LogP contribution is 2.29. The second-order valence-electron chi connectivity index (χ2n) is 5.28. The first-order valence-corrected chi connectivity index (χ1v) is 8.06. The first-order valence-electron chi connectivity index (χ1n) is 8.06. The van der Waals surface area contributed by atoms with Crippen molar-refractivity contribution < 1.29 is 9.47 Å². The van der Waals surface area contributed by atoms with Crippen LogP contribution in [-0.4, -0.2) is 27.7 Å². The van der Waals surface area contributed by atoms with Gasteiger partial charge in [-0.05, 0) is 36.8 Å². The van der Waals surface area contributed by atoms with Gasteiger partial charge in [0.1, 0.15) is 19.3 Å². The molecule has 0 saturated carbocycles. The predicted octanol–water partition coefficient (Wildman–Crippen LogP) is 3.01. The molecule has 0 atom stereocenters. The molecule has 2 aromatic carbocycles. The van der Waals surface area contributed by atoms with E-state index in [1.54, 1.807) is 12.3 Å². The molecule has 0 radical (unpaired) electrons. The van der Waals surface area contributed by atoms with E-state index in [4.69, 9.17) is 9.47 Å². The lowest BCUT2D eigenvalue weighted by molar-refractivity contribution is 0.269. The van der Waals surface area contributed by atoms with Gasteiger partial charge < -0.3 is 9.47 Å². The molecule has 26 heavy (non-hydrogen) atoms. The summed E-state index contributed by atoms with van der Waals surface area (Å²) in [5.41, 5.74) is 2.28. The maximum absolute atomic E-state index is 9.17. The van der Waals surface area contributed by atoms with Gasteiger partial charge >= 0.3 is 0 Å². The van der Waals surface area contributed by atoms with Crippen molar-refractivity contribution in [3.8, 4) is 17.6 Å². The minimum absolute atomic E-state index is 0.290. The number of ether oxygens (including phenoxy) is 2. The van der Waals surface area contributed by atoms with Crippen LogP contribution in [0.1, 0.15) is 23.6 Å². The third-order valence-electron chi connectivity index (χ3n) is 3.54. The summed E-state index contributed by atoms with van der Waals surface area (Å²) in [6.07, 6.45) is 4.69. The maximum atomic E-state index is 9.17. The van der Waals surface area contributed by atoms with E-state index in [1.165, 1.54) is 17.3 Å². The molecule has 0 spiro atoms. The number of rotatable bonds is 7. The highest BCUT2D eigenvalue weighted by molar-refractivity contribution is 5.80. The van der Waals surface area contributed by atoms with E-state index in [0.717, 1.165) is 11.1 Å². The summed E-state index contributed by atoms with van der Waals surface area (Å²) in [6, 6.07) is 15.1. The second kappa shape index (κ2) is 8.44. The van der Waals surface area contributed by atoms with Crippen molar-refractivity contribution in [2.45, 2.75) is 13.5 Å². The first kappa shape index (κ1) is 17.2. The summed E-state index contributed by atoms with van der Waals surface area (Å²) in [6.45, 7) is 2.71. The summed E-state index contributed by atoms with van der Waals surface area (Å²) in [7, 11) is 0. The van der Waals surface area contributed by atoms with Crippen LogP contribution in [0.3, 0.4) is 0 Å². The molecule has 0 saturated heterocycles. The molecule has 0 bridgehead atoms. The van der Waals surface area contributed by atoms with Crippen LogP contribution in [0.5, 0.6) is 11.5 Å². The van der Waals surface area contributed by atoms with Crippen molar-refractivity contribution in [1.82, 2.24) is 14.9 Å². The van der Waals surface area contributed by atoms with Crippen LogP contribution in [0.4, 0.5) is 0 Å². The Labute approximate surface area is 151 Å².